The number of hydrogen-bond donors (Lipinski definition) is 1. The molecule has 1 N–H and O–H groups in total. The second-order valence-corrected chi connectivity index (χ2v) is 7.68. The molecule has 0 spiro atoms. The minimum atomic E-state index is -0.541. The summed E-state index contributed by atoms with van der Waals surface area (Å²) >= 11 is 0. The first-order valence-corrected chi connectivity index (χ1v) is 10.3. The van der Waals surface area contributed by atoms with E-state index in [1.54, 1.807) is 42.5 Å². The fourth-order valence-corrected chi connectivity index (χ4v) is 4.25. The Morgan fingerprint density at radius 1 is 0.903 bits per heavy atom. The van der Waals surface area contributed by atoms with Crippen LogP contribution in [0.4, 0.5) is 0 Å². The summed E-state index contributed by atoms with van der Waals surface area (Å²) in [5.41, 5.74) is 4.71. The lowest BCUT2D eigenvalue weighted by Gasteiger charge is -2.30. The second-order valence-electron chi connectivity index (χ2n) is 7.68. The molecule has 2 aromatic carbocycles. The largest absolute Gasteiger partial charge is 0.493 e. The van der Waals surface area contributed by atoms with Crippen LogP contribution in [-0.4, -0.2) is 52.9 Å². The number of ether oxygens (including phenoxy) is 6. The normalized spacial score (nSPS) is 16.3. The van der Waals surface area contributed by atoms with Gasteiger partial charge in [-0.15, -0.1) is 0 Å². The zero-order valence-corrected chi connectivity index (χ0v) is 19.3. The smallest absolute Gasteiger partial charge is 0.204 e. The monoisotopic (exact) mass is 432 g/mol. The van der Waals surface area contributed by atoms with E-state index in [1.807, 2.05) is 19.1 Å². The fourth-order valence-electron chi connectivity index (χ4n) is 4.25. The van der Waals surface area contributed by atoms with E-state index >= 15 is 0 Å². The number of methoxy groups -OCH3 is 5. The number of fused-ring (bicyclic) bond motifs is 1. The van der Waals surface area contributed by atoms with Crippen molar-refractivity contribution in [1.82, 2.24) is 0 Å². The Morgan fingerprint density at radius 3 is 2.06 bits per heavy atom. The van der Waals surface area contributed by atoms with Gasteiger partial charge in [0.25, 0.3) is 0 Å². The van der Waals surface area contributed by atoms with E-state index in [2.05, 4.69) is 0 Å². The van der Waals surface area contributed by atoms with Crippen LogP contribution in [0.5, 0.6) is 28.7 Å². The van der Waals surface area contributed by atoms with Crippen LogP contribution in [0.25, 0.3) is 11.1 Å². The third-order valence-corrected chi connectivity index (χ3v) is 5.59. The molecule has 0 radical (unpaired) electrons. The lowest BCUT2D eigenvalue weighted by atomic mass is 9.85. The first-order valence-electron chi connectivity index (χ1n) is 10.3. The molecule has 0 aromatic heterocycles. The highest BCUT2D eigenvalue weighted by molar-refractivity contribution is 5.85. The maximum Gasteiger partial charge on any atom is 0.204 e. The van der Waals surface area contributed by atoms with Gasteiger partial charge in [-0.2, -0.15) is 0 Å². The molecule has 7 heteroatoms. The molecular formula is C24H32O7. The van der Waals surface area contributed by atoms with Gasteiger partial charge in [-0.05, 0) is 55.5 Å². The van der Waals surface area contributed by atoms with Gasteiger partial charge in [0.2, 0.25) is 5.75 Å². The van der Waals surface area contributed by atoms with Gasteiger partial charge in [0.15, 0.2) is 23.0 Å². The van der Waals surface area contributed by atoms with Crippen LogP contribution in [0, 0.1) is 0 Å². The third kappa shape index (κ3) is 4.25. The summed E-state index contributed by atoms with van der Waals surface area (Å²) < 4.78 is 34.3. The Balaban J connectivity index is 2.44. The van der Waals surface area contributed by atoms with Gasteiger partial charge in [0, 0.05) is 11.1 Å². The van der Waals surface area contributed by atoms with Crippen LogP contribution in [0.1, 0.15) is 30.5 Å². The van der Waals surface area contributed by atoms with E-state index in [1.165, 1.54) is 0 Å². The third-order valence-electron chi connectivity index (χ3n) is 5.59. The minimum Gasteiger partial charge on any atom is -0.493 e. The van der Waals surface area contributed by atoms with Gasteiger partial charge in [-0.25, -0.2) is 0 Å². The van der Waals surface area contributed by atoms with Gasteiger partial charge in [0.05, 0.1) is 54.4 Å². The van der Waals surface area contributed by atoms with Crippen molar-refractivity contribution in [2.75, 3.05) is 35.5 Å². The predicted molar refractivity (Wildman–Crippen MR) is 118 cm³/mol. The van der Waals surface area contributed by atoms with E-state index in [0.717, 1.165) is 27.8 Å². The molecule has 2 aromatic rings. The van der Waals surface area contributed by atoms with Crippen molar-refractivity contribution in [2.24, 2.45) is 0 Å². The quantitative estimate of drug-likeness (QED) is 0.680. The average molecular weight is 433 g/mol. The molecule has 2 atom stereocenters. The summed E-state index contributed by atoms with van der Waals surface area (Å²) in [5, 5.41) is 10.2. The van der Waals surface area contributed by atoms with Crippen molar-refractivity contribution in [3.63, 3.8) is 0 Å². The number of benzene rings is 2. The van der Waals surface area contributed by atoms with Crippen LogP contribution in [0.15, 0.2) is 12.1 Å². The van der Waals surface area contributed by atoms with Gasteiger partial charge in [-0.3, -0.25) is 0 Å². The highest BCUT2D eigenvalue weighted by atomic mass is 16.5. The summed E-state index contributed by atoms with van der Waals surface area (Å²) in [6.45, 7) is 4.21. The van der Waals surface area contributed by atoms with Gasteiger partial charge in [-0.1, -0.05) is 0 Å². The Labute approximate surface area is 183 Å². The number of hydrogen-bond acceptors (Lipinski definition) is 7. The van der Waals surface area contributed by atoms with E-state index in [-0.39, 0.29) is 6.10 Å². The zero-order valence-electron chi connectivity index (χ0n) is 19.3. The van der Waals surface area contributed by atoms with Gasteiger partial charge in [0.1, 0.15) is 0 Å². The van der Waals surface area contributed by atoms with Crippen LogP contribution in [0.2, 0.25) is 0 Å². The van der Waals surface area contributed by atoms with E-state index in [0.29, 0.717) is 48.2 Å². The molecule has 0 aliphatic carbocycles. The van der Waals surface area contributed by atoms with Crippen molar-refractivity contribution >= 4 is 0 Å². The molecule has 1 aliphatic rings. The van der Waals surface area contributed by atoms with Crippen molar-refractivity contribution in [2.45, 2.75) is 45.5 Å². The Morgan fingerprint density at radius 2 is 1.52 bits per heavy atom. The van der Waals surface area contributed by atoms with Crippen LogP contribution in [0.3, 0.4) is 0 Å². The zero-order chi connectivity index (χ0) is 22.7. The Bertz CT molecular complexity index is 937. The molecule has 0 fully saturated rings. The lowest BCUT2D eigenvalue weighted by molar-refractivity contribution is 0.0394. The number of aliphatic hydroxyl groups is 1. The van der Waals surface area contributed by atoms with E-state index < -0.39 is 6.10 Å². The second kappa shape index (κ2) is 9.66. The summed E-state index contributed by atoms with van der Waals surface area (Å²) in [5.74, 6) is 2.90. The minimum absolute atomic E-state index is 0.0365. The topological polar surface area (TPSA) is 75.6 Å². The maximum absolute atomic E-state index is 10.2. The Hall–Kier alpha value is -2.64. The standard InChI is InChI=1S/C24H32O7/c1-13(25)8-15-10-19(26-3)20(27-4)11-16(15)21-17-9-14(2)31-12-18(17)22(28-5)24(30-7)23(21)29-6/h10-11,13-14,25H,8-9,12H2,1-7H3/t13-,14-/m0/s1. The molecule has 0 saturated carbocycles. The van der Waals surface area contributed by atoms with Crippen molar-refractivity contribution in [3.05, 3.63) is 28.8 Å². The molecule has 0 bridgehead atoms. The number of rotatable bonds is 8. The van der Waals surface area contributed by atoms with E-state index in [4.69, 9.17) is 28.4 Å². The van der Waals surface area contributed by atoms with Gasteiger partial charge >= 0.3 is 0 Å². The molecular weight excluding hydrogens is 400 g/mol. The van der Waals surface area contributed by atoms with Crippen molar-refractivity contribution < 1.29 is 33.5 Å². The highest BCUT2D eigenvalue weighted by Crippen LogP contribution is 2.53. The Kier molecular flexibility index (Phi) is 7.18. The van der Waals surface area contributed by atoms with Crippen molar-refractivity contribution in [3.8, 4) is 39.9 Å². The van der Waals surface area contributed by atoms with Crippen LogP contribution >= 0.6 is 0 Å². The lowest BCUT2D eigenvalue weighted by Crippen LogP contribution is -2.21. The molecule has 7 nitrogen and oxygen atoms in total. The molecule has 3 rings (SSSR count). The molecule has 0 amide bonds. The molecule has 31 heavy (non-hydrogen) atoms. The average Bonchev–Trinajstić information content (AvgIpc) is 2.76. The predicted octanol–water partition coefficient (Wildman–Crippen LogP) is 3.78. The summed E-state index contributed by atoms with van der Waals surface area (Å²) in [7, 11) is 8.03. The van der Waals surface area contributed by atoms with Crippen LogP contribution in [-0.2, 0) is 24.2 Å². The fraction of sp³-hybridized carbons (Fsp3) is 0.500. The summed E-state index contributed by atoms with van der Waals surface area (Å²) in [6, 6.07) is 3.84. The molecule has 1 heterocycles. The first kappa shape index (κ1) is 23.0. The molecule has 170 valence electrons. The highest BCUT2D eigenvalue weighted by Gasteiger charge is 2.32. The van der Waals surface area contributed by atoms with Crippen LogP contribution < -0.4 is 23.7 Å². The maximum atomic E-state index is 10.2. The number of aliphatic hydroxyl groups excluding tert-OH is 1. The molecule has 1 aliphatic heterocycles. The molecule has 0 unspecified atom stereocenters. The van der Waals surface area contributed by atoms with Gasteiger partial charge < -0.3 is 33.5 Å². The summed E-state index contributed by atoms with van der Waals surface area (Å²) in [6.07, 6.45) is 0.619. The SMILES string of the molecule is COc1cc(C[C@H](C)O)c(-c2c3c(c(OC)c(OC)c2OC)CO[C@@H](C)C3)cc1OC. The molecule has 0 saturated heterocycles. The first-order chi connectivity index (χ1) is 14.9. The van der Waals surface area contributed by atoms with E-state index in [9.17, 15) is 5.11 Å². The summed E-state index contributed by atoms with van der Waals surface area (Å²) in [4.78, 5) is 0. The van der Waals surface area contributed by atoms with Crippen molar-refractivity contribution in [1.29, 1.82) is 0 Å².